The zero-order chi connectivity index (χ0) is 32.8. The minimum absolute atomic E-state index is 0.00204. The summed E-state index contributed by atoms with van der Waals surface area (Å²) in [5.74, 6) is -1.39. The highest BCUT2D eigenvalue weighted by atomic mass is 19.4. The summed E-state index contributed by atoms with van der Waals surface area (Å²) in [6.45, 7) is 0.491. The van der Waals surface area contributed by atoms with Crippen LogP contribution in [-0.4, -0.2) is 63.1 Å². The lowest BCUT2D eigenvalue weighted by atomic mass is 9.93. The Labute approximate surface area is 260 Å². The van der Waals surface area contributed by atoms with E-state index in [1.807, 2.05) is 6.07 Å². The van der Waals surface area contributed by atoms with E-state index in [9.17, 15) is 27.9 Å². The molecule has 3 aromatic heterocycles. The maximum Gasteiger partial charge on any atom is 0.424 e. The van der Waals surface area contributed by atoms with Crippen LogP contribution in [0.25, 0.3) is 33.1 Å². The van der Waals surface area contributed by atoms with Gasteiger partial charge in [0.05, 0.1) is 38.4 Å². The first-order chi connectivity index (χ1) is 21.9. The smallest absolute Gasteiger partial charge is 0.424 e. The summed E-state index contributed by atoms with van der Waals surface area (Å²) >= 11 is 0. The maximum absolute atomic E-state index is 14.8. The summed E-state index contributed by atoms with van der Waals surface area (Å²) < 4.78 is 57.4. The normalized spacial score (nSPS) is 14.7. The van der Waals surface area contributed by atoms with Crippen LogP contribution in [0.1, 0.15) is 47.4 Å². The lowest BCUT2D eigenvalue weighted by molar-refractivity contribution is -0.265. The third-order valence-electron chi connectivity index (χ3n) is 7.92. The van der Waals surface area contributed by atoms with Crippen LogP contribution in [0.5, 0.6) is 11.5 Å². The number of hydrogen-bond donors (Lipinski definition) is 4. The Hall–Kier alpha value is -5.11. The molecule has 0 spiro atoms. The minimum Gasteiger partial charge on any atom is -0.494 e. The first-order valence-corrected chi connectivity index (χ1v) is 14.6. The Morgan fingerprint density at radius 3 is 2.61 bits per heavy atom. The van der Waals surface area contributed by atoms with Crippen molar-refractivity contribution >= 4 is 33.6 Å². The fourth-order valence-electron chi connectivity index (χ4n) is 5.39. The molecule has 0 bridgehead atoms. The van der Waals surface area contributed by atoms with Crippen LogP contribution in [0.15, 0.2) is 54.9 Å². The van der Waals surface area contributed by atoms with Gasteiger partial charge in [0.2, 0.25) is 11.5 Å². The standard InChI is InChI=1S/C32H31F3N6O5/c1-3-46-29-19(14-26(36)42)13-25(39-28(29)18-5-4-17-8-9-37-23(17)11-18)31(44,32(33,34)35)16-38-30(43)20-10-21-15-41(22-6-7-22)40-27(21)24(12-20)45-2/h4-5,8-13,15,22,37,44H,3,6-7,14,16H2,1-2H3,(H2,36,42)(H,38,43)/t31-/m0/s1. The van der Waals surface area contributed by atoms with Gasteiger partial charge in [-0.2, -0.15) is 18.3 Å². The van der Waals surface area contributed by atoms with Gasteiger partial charge in [-0.1, -0.05) is 12.1 Å². The predicted molar refractivity (Wildman–Crippen MR) is 162 cm³/mol. The number of carbonyl (C=O) groups is 2. The van der Waals surface area contributed by atoms with Crippen LogP contribution in [0.3, 0.4) is 0 Å². The highest BCUT2D eigenvalue weighted by Crippen LogP contribution is 2.42. The number of aliphatic hydroxyl groups is 1. The number of nitrogens with one attached hydrogen (secondary N) is 2. The number of hydrogen-bond acceptors (Lipinski definition) is 7. The number of benzene rings is 2. The molecule has 46 heavy (non-hydrogen) atoms. The molecule has 240 valence electrons. The van der Waals surface area contributed by atoms with E-state index in [4.69, 9.17) is 15.2 Å². The van der Waals surface area contributed by atoms with Crippen LogP contribution < -0.4 is 20.5 Å². The van der Waals surface area contributed by atoms with Gasteiger partial charge in [-0.3, -0.25) is 14.3 Å². The van der Waals surface area contributed by atoms with Crippen molar-refractivity contribution in [2.45, 2.75) is 44.0 Å². The largest absolute Gasteiger partial charge is 0.494 e. The van der Waals surface area contributed by atoms with Crippen LogP contribution in [0.2, 0.25) is 0 Å². The van der Waals surface area contributed by atoms with Crippen molar-refractivity contribution in [2.24, 2.45) is 5.73 Å². The quantitative estimate of drug-likeness (QED) is 0.166. The number of H-pyrrole nitrogens is 1. The molecular formula is C32H31F3N6O5. The second kappa shape index (κ2) is 11.7. The zero-order valence-corrected chi connectivity index (χ0v) is 24.9. The molecule has 1 aliphatic carbocycles. The first kappa shape index (κ1) is 30.9. The molecule has 0 radical (unpaired) electrons. The zero-order valence-electron chi connectivity index (χ0n) is 24.9. The van der Waals surface area contributed by atoms with E-state index in [1.54, 1.807) is 42.2 Å². The molecule has 1 fully saturated rings. The average molecular weight is 637 g/mol. The van der Waals surface area contributed by atoms with Crippen molar-refractivity contribution in [2.75, 3.05) is 20.3 Å². The third kappa shape index (κ3) is 5.71. The van der Waals surface area contributed by atoms with Crippen molar-refractivity contribution in [3.8, 4) is 22.8 Å². The average Bonchev–Trinajstić information content (AvgIpc) is 3.60. The summed E-state index contributed by atoms with van der Waals surface area (Å²) in [6.07, 6.45) is -0.382. The van der Waals surface area contributed by atoms with Crippen LogP contribution in [-0.2, 0) is 16.8 Å². The number of aromatic amines is 1. The monoisotopic (exact) mass is 636 g/mol. The number of ether oxygens (including phenoxy) is 2. The number of carbonyl (C=O) groups excluding carboxylic acids is 2. The van der Waals surface area contributed by atoms with Gasteiger partial charge in [-0.15, -0.1) is 0 Å². The Balaban J connectivity index is 1.40. The van der Waals surface area contributed by atoms with Crippen LogP contribution >= 0.6 is 0 Å². The molecular weight excluding hydrogens is 605 g/mol. The second-order valence-electron chi connectivity index (χ2n) is 11.2. The maximum atomic E-state index is 14.8. The van der Waals surface area contributed by atoms with Gasteiger partial charge < -0.3 is 30.6 Å². The van der Waals surface area contributed by atoms with E-state index in [0.717, 1.165) is 24.3 Å². The van der Waals surface area contributed by atoms with Crippen molar-refractivity contribution in [1.29, 1.82) is 0 Å². The third-order valence-corrected chi connectivity index (χ3v) is 7.92. The summed E-state index contributed by atoms with van der Waals surface area (Å²) in [6, 6.07) is 10.9. The lowest BCUT2D eigenvalue weighted by Crippen LogP contribution is -2.51. The first-order valence-electron chi connectivity index (χ1n) is 14.6. The number of fused-ring (bicyclic) bond motifs is 2. The van der Waals surface area contributed by atoms with Crippen LogP contribution in [0, 0.1) is 0 Å². The molecule has 1 atom stereocenters. The van der Waals surface area contributed by atoms with E-state index in [-0.39, 0.29) is 41.0 Å². The fourth-order valence-corrected chi connectivity index (χ4v) is 5.39. The van der Waals surface area contributed by atoms with Crippen molar-refractivity contribution in [1.82, 2.24) is 25.1 Å². The summed E-state index contributed by atoms with van der Waals surface area (Å²) in [7, 11) is 1.40. The van der Waals surface area contributed by atoms with Gasteiger partial charge >= 0.3 is 6.18 Å². The number of rotatable bonds is 11. The van der Waals surface area contributed by atoms with Gasteiger partial charge in [0.25, 0.3) is 5.91 Å². The Morgan fingerprint density at radius 1 is 1.15 bits per heavy atom. The van der Waals surface area contributed by atoms with E-state index in [2.05, 4.69) is 20.4 Å². The molecule has 1 saturated carbocycles. The molecule has 0 unspecified atom stereocenters. The summed E-state index contributed by atoms with van der Waals surface area (Å²) in [5, 5.41) is 19.5. The summed E-state index contributed by atoms with van der Waals surface area (Å²) in [5.41, 5.74) is 2.47. The van der Waals surface area contributed by atoms with E-state index in [0.29, 0.717) is 22.0 Å². The number of methoxy groups -OCH3 is 1. The van der Waals surface area contributed by atoms with Crippen molar-refractivity contribution < 1.29 is 37.3 Å². The molecule has 0 saturated heterocycles. The highest BCUT2D eigenvalue weighted by Gasteiger charge is 2.56. The van der Waals surface area contributed by atoms with Crippen molar-refractivity contribution in [3.05, 3.63) is 71.7 Å². The second-order valence-corrected chi connectivity index (χ2v) is 11.2. The number of pyridine rings is 1. The predicted octanol–water partition coefficient (Wildman–Crippen LogP) is 4.53. The molecule has 2 aromatic carbocycles. The van der Waals surface area contributed by atoms with Gasteiger partial charge in [0.15, 0.2) is 0 Å². The molecule has 2 amide bonds. The number of alkyl halides is 3. The van der Waals surface area contributed by atoms with Gasteiger partial charge in [0.1, 0.15) is 22.7 Å². The number of aromatic nitrogens is 4. The van der Waals surface area contributed by atoms with Crippen LogP contribution in [0.4, 0.5) is 13.2 Å². The number of amides is 2. The van der Waals surface area contributed by atoms with E-state index in [1.165, 1.54) is 19.2 Å². The Kier molecular flexibility index (Phi) is 7.84. The minimum atomic E-state index is -5.31. The molecule has 5 aromatic rings. The van der Waals surface area contributed by atoms with E-state index >= 15 is 0 Å². The SMILES string of the molecule is CCOc1c(CC(N)=O)cc([C@@](O)(CNC(=O)c2cc(OC)c3nn(C4CC4)cc3c2)C(F)(F)F)nc1-c1ccc2cc[nH]c2c1. The molecule has 1 aliphatic rings. The van der Waals surface area contributed by atoms with E-state index < -0.39 is 42.3 Å². The topological polar surface area (TPSA) is 157 Å². The number of nitrogens with two attached hydrogens (primary N) is 1. The Morgan fingerprint density at radius 2 is 1.93 bits per heavy atom. The molecule has 11 nitrogen and oxygen atoms in total. The Bertz CT molecular complexity index is 1970. The highest BCUT2D eigenvalue weighted by molar-refractivity contribution is 6.00. The van der Waals surface area contributed by atoms with Gasteiger partial charge in [0, 0.05) is 40.0 Å². The number of halogens is 3. The number of primary amides is 1. The van der Waals surface area contributed by atoms with Crippen molar-refractivity contribution in [3.63, 3.8) is 0 Å². The fraction of sp³-hybridized carbons (Fsp3) is 0.312. The molecule has 3 heterocycles. The number of nitrogens with zero attached hydrogens (tertiary/aromatic N) is 3. The van der Waals surface area contributed by atoms with Gasteiger partial charge in [-0.25, -0.2) is 4.98 Å². The van der Waals surface area contributed by atoms with Gasteiger partial charge in [-0.05, 0) is 55.5 Å². The molecule has 0 aliphatic heterocycles. The molecule has 6 rings (SSSR count). The summed E-state index contributed by atoms with van der Waals surface area (Å²) in [4.78, 5) is 32.6. The lowest BCUT2D eigenvalue weighted by Gasteiger charge is -2.31. The molecule has 14 heteroatoms. The molecule has 5 N–H and O–H groups in total.